The zero-order valence-electron chi connectivity index (χ0n) is 13.6. The molecule has 0 aliphatic rings. The second kappa shape index (κ2) is 5.84. The molecule has 0 atom stereocenters. The van der Waals surface area contributed by atoms with Gasteiger partial charge in [0.1, 0.15) is 5.82 Å². The molecule has 0 radical (unpaired) electrons. The predicted octanol–water partition coefficient (Wildman–Crippen LogP) is 4.70. The number of nitrogens with zero attached hydrogens (tertiary/aromatic N) is 2. The van der Waals surface area contributed by atoms with Crippen LogP contribution in [0.15, 0.2) is 36.4 Å². The summed E-state index contributed by atoms with van der Waals surface area (Å²) in [6.07, 6.45) is 2.31. The van der Waals surface area contributed by atoms with E-state index in [2.05, 4.69) is 43.5 Å². The Morgan fingerprint density at radius 2 is 1.86 bits per heavy atom. The van der Waals surface area contributed by atoms with Crippen molar-refractivity contribution >= 4 is 16.7 Å². The molecule has 22 heavy (non-hydrogen) atoms. The van der Waals surface area contributed by atoms with Crippen LogP contribution >= 0.6 is 0 Å². The monoisotopic (exact) mass is 293 g/mol. The van der Waals surface area contributed by atoms with Gasteiger partial charge in [0, 0.05) is 17.8 Å². The van der Waals surface area contributed by atoms with Crippen LogP contribution in [-0.2, 0) is 6.54 Å². The minimum atomic E-state index is 0.777. The number of benzene rings is 2. The standard InChI is InChI=1S/C19H23N3/c1-4-5-9-22-18-11-14(3)13(2)10-17(18)21-19(22)15-7-6-8-16(20)12-15/h6-8,10-12H,4-5,9,20H2,1-3H3. The number of aryl methyl sites for hydroxylation is 3. The summed E-state index contributed by atoms with van der Waals surface area (Å²) in [5.74, 6) is 1.01. The summed E-state index contributed by atoms with van der Waals surface area (Å²) >= 11 is 0. The smallest absolute Gasteiger partial charge is 0.141 e. The van der Waals surface area contributed by atoms with Crippen molar-refractivity contribution in [3.63, 3.8) is 0 Å². The number of anilines is 1. The fourth-order valence-corrected chi connectivity index (χ4v) is 2.82. The van der Waals surface area contributed by atoms with E-state index in [0.29, 0.717) is 0 Å². The summed E-state index contributed by atoms with van der Waals surface area (Å²) in [5.41, 5.74) is 12.7. The van der Waals surface area contributed by atoms with E-state index in [9.17, 15) is 0 Å². The molecule has 0 aliphatic carbocycles. The van der Waals surface area contributed by atoms with Crippen molar-refractivity contribution in [3.8, 4) is 11.4 Å². The molecule has 114 valence electrons. The molecular weight excluding hydrogens is 270 g/mol. The van der Waals surface area contributed by atoms with Crippen LogP contribution in [0.5, 0.6) is 0 Å². The third kappa shape index (κ3) is 2.59. The number of aromatic nitrogens is 2. The van der Waals surface area contributed by atoms with E-state index in [1.165, 1.54) is 23.1 Å². The van der Waals surface area contributed by atoms with Gasteiger partial charge in [0.15, 0.2) is 0 Å². The highest BCUT2D eigenvalue weighted by molar-refractivity contribution is 5.82. The van der Waals surface area contributed by atoms with Gasteiger partial charge in [0.25, 0.3) is 0 Å². The second-order valence-corrected chi connectivity index (χ2v) is 5.99. The normalized spacial score (nSPS) is 11.2. The number of nitrogens with two attached hydrogens (primary N) is 1. The number of fused-ring (bicyclic) bond motifs is 1. The third-order valence-corrected chi connectivity index (χ3v) is 4.24. The van der Waals surface area contributed by atoms with Gasteiger partial charge in [-0.25, -0.2) is 4.98 Å². The molecule has 0 bridgehead atoms. The van der Waals surface area contributed by atoms with Crippen LogP contribution in [0.2, 0.25) is 0 Å². The molecule has 0 unspecified atom stereocenters. The highest BCUT2D eigenvalue weighted by Crippen LogP contribution is 2.28. The van der Waals surface area contributed by atoms with Crippen LogP contribution in [0.4, 0.5) is 5.69 Å². The van der Waals surface area contributed by atoms with Gasteiger partial charge in [-0.15, -0.1) is 0 Å². The average Bonchev–Trinajstić information content (AvgIpc) is 2.83. The maximum atomic E-state index is 5.95. The Kier molecular flexibility index (Phi) is 3.88. The van der Waals surface area contributed by atoms with Crippen molar-refractivity contribution in [3.05, 3.63) is 47.5 Å². The van der Waals surface area contributed by atoms with Gasteiger partial charge >= 0.3 is 0 Å². The van der Waals surface area contributed by atoms with Gasteiger partial charge in [0.2, 0.25) is 0 Å². The molecule has 3 nitrogen and oxygen atoms in total. The Hall–Kier alpha value is -2.29. The van der Waals surface area contributed by atoms with Gasteiger partial charge < -0.3 is 10.3 Å². The van der Waals surface area contributed by atoms with Crippen LogP contribution in [0.3, 0.4) is 0 Å². The van der Waals surface area contributed by atoms with Gasteiger partial charge in [-0.05, 0) is 55.7 Å². The van der Waals surface area contributed by atoms with Crippen LogP contribution in [0.25, 0.3) is 22.4 Å². The molecule has 0 saturated carbocycles. The van der Waals surface area contributed by atoms with E-state index in [1.807, 2.05) is 18.2 Å². The lowest BCUT2D eigenvalue weighted by atomic mass is 10.1. The van der Waals surface area contributed by atoms with E-state index in [4.69, 9.17) is 10.7 Å². The third-order valence-electron chi connectivity index (χ3n) is 4.24. The molecule has 0 amide bonds. The van der Waals surface area contributed by atoms with Gasteiger partial charge in [-0.2, -0.15) is 0 Å². The Bertz CT molecular complexity index is 815. The quantitative estimate of drug-likeness (QED) is 0.708. The van der Waals surface area contributed by atoms with E-state index in [1.54, 1.807) is 0 Å². The fraction of sp³-hybridized carbons (Fsp3) is 0.316. The summed E-state index contributed by atoms with van der Waals surface area (Å²) in [5, 5.41) is 0. The zero-order valence-corrected chi connectivity index (χ0v) is 13.6. The number of nitrogen functional groups attached to an aromatic ring is 1. The Morgan fingerprint density at radius 3 is 2.59 bits per heavy atom. The predicted molar refractivity (Wildman–Crippen MR) is 94.0 cm³/mol. The molecule has 1 heterocycles. The fourth-order valence-electron chi connectivity index (χ4n) is 2.82. The summed E-state index contributed by atoms with van der Waals surface area (Å²) < 4.78 is 2.33. The summed E-state index contributed by atoms with van der Waals surface area (Å²) in [7, 11) is 0. The lowest BCUT2D eigenvalue weighted by Crippen LogP contribution is -2.01. The number of rotatable bonds is 4. The zero-order chi connectivity index (χ0) is 15.7. The second-order valence-electron chi connectivity index (χ2n) is 5.99. The van der Waals surface area contributed by atoms with Crippen LogP contribution < -0.4 is 5.73 Å². The molecule has 0 spiro atoms. The molecule has 3 aromatic rings. The first kappa shape index (κ1) is 14.6. The first-order chi connectivity index (χ1) is 10.6. The largest absolute Gasteiger partial charge is 0.399 e. The molecule has 0 aliphatic heterocycles. The number of hydrogen-bond donors (Lipinski definition) is 1. The molecule has 1 aromatic heterocycles. The van der Waals surface area contributed by atoms with Gasteiger partial charge in [0.05, 0.1) is 11.0 Å². The van der Waals surface area contributed by atoms with Gasteiger partial charge in [-0.1, -0.05) is 25.5 Å². The van der Waals surface area contributed by atoms with E-state index < -0.39 is 0 Å². The van der Waals surface area contributed by atoms with E-state index in [-0.39, 0.29) is 0 Å². The molecule has 3 rings (SSSR count). The Morgan fingerprint density at radius 1 is 1.09 bits per heavy atom. The van der Waals surface area contributed by atoms with Crippen molar-refractivity contribution in [1.82, 2.24) is 9.55 Å². The van der Waals surface area contributed by atoms with E-state index in [0.717, 1.165) is 35.6 Å². The lowest BCUT2D eigenvalue weighted by Gasteiger charge is -2.10. The maximum Gasteiger partial charge on any atom is 0.141 e. The van der Waals surface area contributed by atoms with Crippen molar-refractivity contribution < 1.29 is 0 Å². The lowest BCUT2D eigenvalue weighted by molar-refractivity contribution is 0.651. The first-order valence-corrected chi connectivity index (χ1v) is 7.93. The highest BCUT2D eigenvalue weighted by atomic mass is 15.1. The van der Waals surface area contributed by atoms with Crippen LogP contribution in [-0.4, -0.2) is 9.55 Å². The molecule has 0 fully saturated rings. The maximum absolute atomic E-state index is 5.95. The van der Waals surface area contributed by atoms with Crippen molar-refractivity contribution in [2.24, 2.45) is 0 Å². The average molecular weight is 293 g/mol. The first-order valence-electron chi connectivity index (χ1n) is 7.93. The van der Waals surface area contributed by atoms with Gasteiger partial charge in [-0.3, -0.25) is 0 Å². The molecule has 2 N–H and O–H groups in total. The molecule has 2 aromatic carbocycles. The van der Waals surface area contributed by atoms with Crippen LogP contribution in [0, 0.1) is 13.8 Å². The Balaban J connectivity index is 2.23. The molecule has 0 saturated heterocycles. The minimum absolute atomic E-state index is 0.777. The van der Waals surface area contributed by atoms with E-state index >= 15 is 0 Å². The SMILES string of the molecule is CCCCn1c(-c2cccc(N)c2)nc2cc(C)c(C)cc21. The van der Waals surface area contributed by atoms with Crippen molar-refractivity contribution in [2.75, 3.05) is 5.73 Å². The summed E-state index contributed by atoms with van der Waals surface area (Å²) in [4.78, 5) is 4.89. The number of unbranched alkanes of at least 4 members (excludes halogenated alkanes) is 1. The number of imidazole rings is 1. The van der Waals surface area contributed by atoms with Crippen molar-refractivity contribution in [1.29, 1.82) is 0 Å². The topological polar surface area (TPSA) is 43.8 Å². The van der Waals surface area contributed by atoms with Crippen molar-refractivity contribution in [2.45, 2.75) is 40.2 Å². The summed E-state index contributed by atoms with van der Waals surface area (Å²) in [6, 6.07) is 12.4. The molecular formula is C19H23N3. The summed E-state index contributed by atoms with van der Waals surface area (Å²) in [6.45, 7) is 7.50. The molecule has 3 heteroatoms. The highest BCUT2D eigenvalue weighted by Gasteiger charge is 2.13. The minimum Gasteiger partial charge on any atom is -0.399 e. The van der Waals surface area contributed by atoms with Crippen LogP contribution in [0.1, 0.15) is 30.9 Å². The number of hydrogen-bond acceptors (Lipinski definition) is 2. The Labute approximate surface area is 131 Å².